The Kier molecular flexibility index (Phi) is 4.74. The van der Waals surface area contributed by atoms with E-state index in [4.69, 9.17) is 16.3 Å². The molecule has 0 aliphatic heterocycles. The van der Waals surface area contributed by atoms with Crippen molar-refractivity contribution < 1.29 is 9.13 Å². The quantitative estimate of drug-likeness (QED) is 0.533. The van der Waals surface area contributed by atoms with E-state index in [1.54, 1.807) is 24.3 Å². The number of rotatable bonds is 5. The first kappa shape index (κ1) is 11.3. The van der Waals surface area contributed by atoms with E-state index in [9.17, 15) is 4.39 Å². The normalized spacial score (nSPS) is 12.5. The summed E-state index contributed by atoms with van der Waals surface area (Å²) in [5.41, 5.74) is -1.01. The van der Waals surface area contributed by atoms with Crippen molar-refractivity contribution in [1.82, 2.24) is 0 Å². The van der Waals surface area contributed by atoms with Crippen LogP contribution < -0.4 is 4.74 Å². The minimum Gasteiger partial charge on any atom is -0.494 e. The van der Waals surface area contributed by atoms with Crippen LogP contribution in [-0.4, -0.2) is 6.61 Å². The molecule has 0 saturated heterocycles. The number of unbranched alkanes of at least 4 members (excludes halogenated alkanes) is 1. The number of halogens is 2. The third-order valence-corrected chi connectivity index (χ3v) is 2.13. The molecule has 1 unspecified atom stereocenters. The monoisotopic (exact) mass is 216 g/mol. The summed E-state index contributed by atoms with van der Waals surface area (Å²) in [6.45, 7) is 2.76. The van der Waals surface area contributed by atoms with Crippen LogP contribution in [0.15, 0.2) is 24.3 Å². The van der Waals surface area contributed by atoms with E-state index in [0.29, 0.717) is 17.9 Å². The molecule has 3 heteroatoms. The fourth-order valence-electron chi connectivity index (χ4n) is 1.07. The predicted octanol–water partition coefficient (Wildman–Crippen LogP) is 4.07. The summed E-state index contributed by atoms with van der Waals surface area (Å²) >= 11 is 5.31. The molecule has 78 valence electrons. The van der Waals surface area contributed by atoms with Crippen molar-refractivity contribution in [2.45, 2.75) is 25.4 Å². The summed E-state index contributed by atoms with van der Waals surface area (Å²) in [7, 11) is 0. The molecule has 1 aromatic rings. The van der Waals surface area contributed by atoms with Crippen LogP contribution in [0.5, 0.6) is 5.75 Å². The maximum absolute atomic E-state index is 12.7. The number of hydrogen-bond donors (Lipinski definition) is 0. The van der Waals surface area contributed by atoms with Crippen molar-refractivity contribution in [3.8, 4) is 5.75 Å². The summed E-state index contributed by atoms with van der Waals surface area (Å²) in [6.07, 6.45) is 2.09. The van der Waals surface area contributed by atoms with Crippen LogP contribution in [0.4, 0.5) is 4.39 Å². The van der Waals surface area contributed by atoms with Gasteiger partial charge in [0.15, 0.2) is 5.63 Å². The zero-order valence-corrected chi connectivity index (χ0v) is 8.93. The molecule has 14 heavy (non-hydrogen) atoms. The van der Waals surface area contributed by atoms with Gasteiger partial charge in [-0.1, -0.05) is 37.1 Å². The summed E-state index contributed by atoms with van der Waals surface area (Å²) in [4.78, 5) is 0. The first-order valence-electron chi connectivity index (χ1n) is 4.75. The van der Waals surface area contributed by atoms with Crippen molar-refractivity contribution >= 4 is 11.6 Å². The van der Waals surface area contributed by atoms with Crippen LogP contribution in [0.1, 0.15) is 31.0 Å². The van der Waals surface area contributed by atoms with Gasteiger partial charge in [-0.05, 0) is 18.6 Å². The SMILES string of the molecule is CCCCOc1cccc(C(F)Cl)c1. The van der Waals surface area contributed by atoms with Gasteiger partial charge in [-0.15, -0.1) is 0 Å². The Morgan fingerprint density at radius 2 is 2.29 bits per heavy atom. The Hall–Kier alpha value is -0.760. The van der Waals surface area contributed by atoms with E-state index in [0.717, 1.165) is 12.8 Å². The molecule has 0 saturated carbocycles. The maximum Gasteiger partial charge on any atom is 0.198 e. The second-order valence-corrected chi connectivity index (χ2v) is 3.46. The van der Waals surface area contributed by atoms with Gasteiger partial charge in [-0.25, -0.2) is 4.39 Å². The molecule has 0 heterocycles. The molecule has 0 aliphatic carbocycles. The average Bonchev–Trinajstić information content (AvgIpc) is 2.19. The third kappa shape index (κ3) is 3.54. The van der Waals surface area contributed by atoms with E-state index in [2.05, 4.69) is 6.92 Å². The largest absolute Gasteiger partial charge is 0.494 e. The van der Waals surface area contributed by atoms with E-state index in [1.807, 2.05) is 0 Å². The van der Waals surface area contributed by atoms with Crippen molar-refractivity contribution in [3.05, 3.63) is 29.8 Å². The number of alkyl halides is 2. The van der Waals surface area contributed by atoms with Crippen LogP contribution in [0, 0.1) is 0 Å². The van der Waals surface area contributed by atoms with Gasteiger partial charge in [0, 0.05) is 5.56 Å². The van der Waals surface area contributed by atoms with Gasteiger partial charge in [0.1, 0.15) is 5.75 Å². The van der Waals surface area contributed by atoms with Gasteiger partial charge in [-0.3, -0.25) is 0 Å². The van der Waals surface area contributed by atoms with Crippen molar-refractivity contribution in [2.75, 3.05) is 6.61 Å². The molecular weight excluding hydrogens is 203 g/mol. The molecule has 1 atom stereocenters. The Bertz CT molecular complexity index is 276. The molecule has 0 aromatic heterocycles. The first-order valence-corrected chi connectivity index (χ1v) is 5.18. The van der Waals surface area contributed by atoms with Crippen LogP contribution in [0.2, 0.25) is 0 Å². The predicted molar refractivity (Wildman–Crippen MR) is 56.5 cm³/mol. The Morgan fingerprint density at radius 3 is 2.93 bits per heavy atom. The molecule has 0 radical (unpaired) electrons. The molecule has 0 N–H and O–H groups in total. The molecule has 0 fully saturated rings. The Morgan fingerprint density at radius 1 is 1.50 bits per heavy atom. The minimum atomic E-state index is -1.45. The highest BCUT2D eigenvalue weighted by Crippen LogP contribution is 2.24. The third-order valence-electron chi connectivity index (χ3n) is 1.88. The number of hydrogen-bond acceptors (Lipinski definition) is 1. The lowest BCUT2D eigenvalue weighted by Crippen LogP contribution is -1.96. The molecule has 1 nitrogen and oxygen atoms in total. The number of benzene rings is 1. The fraction of sp³-hybridized carbons (Fsp3) is 0.455. The highest BCUT2D eigenvalue weighted by atomic mass is 35.5. The van der Waals surface area contributed by atoms with Crippen LogP contribution in [-0.2, 0) is 0 Å². The maximum atomic E-state index is 12.7. The van der Waals surface area contributed by atoms with Crippen LogP contribution in [0.3, 0.4) is 0 Å². The molecular formula is C11H14ClFO. The van der Waals surface area contributed by atoms with E-state index >= 15 is 0 Å². The topological polar surface area (TPSA) is 9.23 Å². The van der Waals surface area contributed by atoms with Gasteiger partial charge in [0.2, 0.25) is 0 Å². The van der Waals surface area contributed by atoms with Crippen molar-refractivity contribution in [1.29, 1.82) is 0 Å². The van der Waals surface area contributed by atoms with Gasteiger partial charge >= 0.3 is 0 Å². The smallest absolute Gasteiger partial charge is 0.198 e. The molecule has 0 spiro atoms. The molecule has 0 bridgehead atoms. The van der Waals surface area contributed by atoms with Gasteiger partial charge in [-0.2, -0.15) is 0 Å². The fourth-order valence-corrected chi connectivity index (χ4v) is 1.21. The molecule has 0 amide bonds. The summed E-state index contributed by atoms with van der Waals surface area (Å²) in [5.74, 6) is 0.680. The summed E-state index contributed by atoms with van der Waals surface area (Å²) in [6, 6.07) is 6.82. The van der Waals surface area contributed by atoms with Gasteiger partial charge in [0.05, 0.1) is 6.61 Å². The van der Waals surface area contributed by atoms with E-state index in [-0.39, 0.29) is 0 Å². The highest BCUT2D eigenvalue weighted by molar-refractivity contribution is 6.19. The van der Waals surface area contributed by atoms with E-state index < -0.39 is 5.63 Å². The van der Waals surface area contributed by atoms with Crippen molar-refractivity contribution in [3.63, 3.8) is 0 Å². The summed E-state index contributed by atoms with van der Waals surface area (Å²) < 4.78 is 18.1. The van der Waals surface area contributed by atoms with Gasteiger partial charge in [0.25, 0.3) is 0 Å². The van der Waals surface area contributed by atoms with Crippen molar-refractivity contribution in [2.24, 2.45) is 0 Å². The van der Waals surface area contributed by atoms with Crippen LogP contribution >= 0.6 is 11.6 Å². The Labute approximate surface area is 88.8 Å². The van der Waals surface area contributed by atoms with Gasteiger partial charge < -0.3 is 4.74 Å². The zero-order valence-electron chi connectivity index (χ0n) is 8.17. The lowest BCUT2D eigenvalue weighted by Gasteiger charge is -2.07. The zero-order chi connectivity index (χ0) is 10.4. The number of ether oxygens (including phenoxy) is 1. The Balaban J connectivity index is 2.55. The minimum absolute atomic E-state index is 0.445. The molecule has 0 aliphatic rings. The van der Waals surface area contributed by atoms with Crippen LogP contribution in [0.25, 0.3) is 0 Å². The lowest BCUT2D eigenvalue weighted by molar-refractivity contribution is 0.308. The lowest BCUT2D eigenvalue weighted by atomic mass is 10.2. The first-order chi connectivity index (χ1) is 6.74. The van der Waals surface area contributed by atoms with E-state index in [1.165, 1.54) is 0 Å². The average molecular weight is 217 g/mol. The summed E-state index contributed by atoms with van der Waals surface area (Å²) in [5, 5.41) is 0. The molecule has 1 aromatic carbocycles. The molecule has 1 rings (SSSR count). The second kappa shape index (κ2) is 5.86. The standard InChI is InChI=1S/C11H14ClFO/c1-2-3-7-14-10-6-4-5-9(8-10)11(12)13/h4-6,8,11H,2-3,7H2,1H3. The second-order valence-electron chi connectivity index (χ2n) is 3.08. The highest BCUT2D eigenvalue weighted by Gasteiger charge is 2.05.